The van der Waals surface area contributed by atoms with E-state index in [1.807, 2.05) is 58.0 Å². The molecule has 1 saturated heterocycles. The second-order valence-corrected chi connectivity index (χ2v) is 15.9. The third-order valence-corrected chi connectivity index (χ3v) is 11.1. The summed E-state index contributed by atoms with van der Waals surface area (Å²) in [5, 5.41) is 39.2. The van der Waals surface area contributed by atoms with Crippen molar-refractivity contribution in [1.82, 2.24) is 19.4 Å². The van der Waals surface area contributed by atoms with Crippen LogP contribution in [0.15, 0.2) is 76.1 Å². The van der Waals surface area contributed by atoms with Gasteiger partial charge in [0.2, 0.25) is 15.9 Å². The molecule has 0 bridgehead atoms. The van der Waals surface area contributed by atoms with E-state index in [0.717, 1.165) is 16.9 Å². The average Bonchev–Trinajstić information content (AvgIpc) is 3.68. The van der Waals surface area contributed by atoms with Gasteiger partial charge in [0.1, 0.15) is 6.04 Å². The van der Waals surface area contributed by atoms with Gasteiger partial charge in [-0.25, -0.2) is 13.2 Å². The van der Waals surface area contributed by atoms with Crippen molar-refractivity contribution in [3.05, 3.63) is 92.8 Å². The summed E-state index contributed by atoms with van der Waals surface area (Å²) >= 11 is 0.986. The molecule has 2 heterocycles. The van der Waals surface area contributed by atoms with Crippen molar-refractivity contribution in [2.45, 2.75) is 63.7 Å². The zero-order chi connectivity index (χ0) is 36.6. The summed E-state index contributed by atoms with van der Waals surface area (Å²) in [6.07, 6.45) is 0.0416. The van der Waals surface area contributed by atoms with Crippen LogP contribution >= 0.6 is 11.3 Å². The van der Waals surface area contributed by atoms with Gasteiger partial charge < -0.3 is 25.4 Å². The van der Waals surface area contributed by atoms with E-state index in [-0.39, 0.29) is 60.4 Å². The minimum Gasteiger partial charge on any atom is -0.411 e. The first-order valence-corrected chi connectivity index (χ1v) is 18.6. The summed E-state index contributed by atoms with van der Waals surface area (Å²) < 4.78 is 28.9. The van der Waals surface area contributed by atoms with E-state index in [9.17, 15) is 33.2 Å². The number of thiophene rings is 1. The van der Waals surface area contributed by atoms with Crippen LogP contribution in [0.3, 0.4) is 0 Å². The fourth-order valence-electron chi connectivity index (χ4n) is 5.95. The number of amides is 3. The number of hydrogen-bond acceptors (Lipinski definition) is 10. The van der Waals surface area contributed by atoms with Gasteiger partial charge in [-0.3, -0.25) is 14.9 Å². The first-order valence-electron chi connectivity index (χ1n) is 16.3. The lowest BCUT2D eigenvalue weighted by molar-refractivity contribution is -0.380. The molecular weight excluding hydrogens is 685 g/mol. The number of hydrogen-bond donors (Lipinski definition) is 3. The van der Waals surface area contributed by atoms with Gasteiger partial charge in [0, 0.05) is 44.2 Å². The van der Waals surface area contributed by atoms with Gasteiger partial charge >= 0.3 is 11.0 Å². The molecule has 270 valence electrons. The Morgan fingerprint density at radius 2 is 1.76 bits per heavy atom. The first kappa shape index (κ1) is 38.4. The van der Waals surface area contributed by atoms with Crippen LogP contribution < -0.4 is 5.32 Å². The number of sulfonamides is 1. The molecule has 3 amide bonds. The largest absolute Gasteiger partial charge is 0.411 e. The lowest BCUT2D eigenvalue weighted by Crippen LogP contribution is -2.57. The maximum atomic E-state index is 14.1. The van der Waals surface area contributed by atoms with Gasteiger partial charge in [0.15, 0.2) is 0 Å². The molecule has 0 saturated carbocycles. The quantitative estimate of drug-likeness (QED) is 0.0800. The molecule has 1 aliphatic heterocycles. The molecule has 1 aliphatic rings. The summed E-state index contributed by atoms with van der Waals surface area (Å²) in [5.41, 5.74) is 1.94. The summed E-state index contributed by atoms with van der Waals surface area (Å²) in [7, 11) is -4.08. The highest BCUT2D eigenvalue weighted by Crippen LogP contribution is 2.26. The highest BCUT2D eigenvalue weighted by molar-refractivity contribution is 7.89. The minimum absolute atomic E-state index is 0.00175. The molecule has 0 spiro atoms. The second-order valence-electron chi connectivity index (χ2n) is 13.0. The van der Waals surface area contributed by atoms with Crippen molar-refractivity contribution >= 4 is 44.5 Å². The van der Waals surface area contributed by atoms with Crippen LogP contribution in [-0.2, 0) is 27.8 Å². The lowest BCUT2D eigenvalue weighted by Gasteiger charge is -2.34. The maximum Gasteiger partial charge on any atom is 0.324 e. The van der Waals surface area contributed by atoms with Gasteiger partial charge in [-0.15, -0.1) is 0 Å². The molecule has 0 aliphatic carbocycles. The molecule has 1 aromatic heterocycles. The normalized spacial score (nSPS) is 15.7. The summed E-state index contributed by atoms with van der Waals surface area (Å²) in [5.74, 6) is -0.886. The topological polar surface area (TPSA) is 186 Å². The Labute approximate surface area is 296 Å². The minimum atomic E-state index is -4.08. The zero-order valence-corrected chi connectivity index (χ0v) is 30.1. The number of urea groups is 1. The Kier molecular flexibility index (Phi) is 13.1. The molecule has 16 heteroatoms. The summed E-state index contributed by atoms with van der Waals surface area (Å²) in [4.78, 5) is 41.3. The molecule has 3 atom stereocenters. The van der Waals surface area contributed by atoms with Crippen molar-refractivity contribution in [3.63, 3.8) is 0 Å². The number of aliphatic hydroxyl groups is 1. The van der Waals surface area contributed by atoms with Crippen LogP contribution in [0.4, 0.5) is 9.80 Å². The van der Waals surface area contributed by atoms with E-state index in [0.29, 0.717) is 17.7 Å². The Morgan fingerprint density at radius 3 is 2.34 bits per heavy atom. The van der Waals surface area contributed by atoms with Crippen molar-refractivity contribution in [2.24, 2.45) is 17.0 Å². The third-order valence-electron chi connectivity index (χ3n) is 8.33. The Hall–Kier alpha value is -4.38. The van der Waals surface area contributed by atoms with Crippen LogP contribution in [0.25, 0.3) is 0 Å². The SMILES string of the molecule is CC(C)CN(C[C@@H](O)[C@H](Cc1ccccc1)NC(=O)C(C(C)C)N1CCN(Cc2csc([N+](=O)[O-])c2)C1=O)S(=O)(=O)c1ccc(/C=N/O)cc1. The number of benzene rings is 2. The molecule has 3 N–H and O–H groups in total. The molecule has 1 unspecified atom stereocenters. The number of nitrogens with zero attached hydrogens (tertiary/aromatic N) is 5. The zero-order valence-electron chi connectivity index (χ0n) is 28.5. The van der Waals surface area contributed by atoms with Crippen LogP contribution in [0.2, 0.25) is 0 Å². The number of aliphatic hydroxyl groups excluding tert-OH is 1. The van der Waals surface area contributed by atoms with Crippen LogP contribution in [-0.4, -0.2) is 100 Å². The molecule has 1 fully saturated rings. The van der Waals surface area contributed by atoms with Crippen molar-refractivity contribution in [2.75, 3.05) is 26.2 Å². The van der Waals surface area contributed by atoms with E-state index >= 15 is 0 Å². The van der Waals surface area contributed by atoms with Gasteiger partial charge in [-0.1, -0.05) is 86.7 Å². The van der Waals surface area contributed by atoms with Crippen LogP contribution in [0.5, 0.6) is 0 Å². The molecule has 14 nitrogen and oxygen atoms in total. The second kappa shape index (κ2) is 17.0. The first-order chi connectivity index (χ1) is 23.7. The van der Waals surface area contributed by atoms with Gasteiger partial charge in [-0.2, -0.15) is 4.31 Å². The van der Waals surface area contributed by atoms with Crippen LogP contribution in [0, 0.1) is 22.0 Å². The number of nitrogens with one attached hydrogen (secondary N) is 1. The fraction of sp³-hybridized carbons (Fsp3) is 0.441. The number of carbonyl (C=O) groups excluding carboxylic acids is 2. The van der Waals surface area contributed by atoms with E-state index in [1.165, 1.54) is 45.8 Å². The average molecular weight is 729 g/mol. The fourth-order valence-corrected chi connectivity index (χ4v) is 8.29. The van der Waals surface area contributed by atoms with E-state index in [1.54, 1.807) is 10.3 Å². The molecule has 2 aromatic carbocycles. The number of rotatable bonds is 17. The van der Waals surface area contributed by atoms with Gasteiger partial charge in [0.05, 0.1) is 28.2 Å². The van der Waals surface area contributed by atoms with Gasteiger partial charge in [0.25, 0.3) is 0 Å². The van der Waals surface area contributed by atoms with E-state index in [4.69, 9.17) is 5.21 Å². The van der Waals surface area contributed by atoms with E-state index < -0.39 is 39.0 Å². The number of oxime groups is 1. The molecule has 50 heavy (non-hydrogen) atoms. The molecule has 3 aromatic rings. The van der Waals surface area contributed by atoms with Crippen molar-refractivity contribution < 1.29 is 33.2 Å². The standard InChI is InChI=1S/C34H44N6O8S2/c1-23(2)19-38(50(47,48)28-12-10-26(11-13-28)18-35-44)21-30(41)29(16-25-8-6-5-7-9-25)36-33(42)32(24(3)4)39-15-14-37(34(39)43)20-27-17-31(40(45)46)49-22-27/h5-13,17-18,22-24,29-30,32,41,44H,14-16,19-21H2,1-4H3,(H,36,42)/b35-18+/t29-,30+,32?/m0/s1. The number of carbonyl (C=O) groups is 2. The summed E-state index contributed by atoms with van der Waals surface area (Å²) in [6, 6.07) is 14.3. The maximum absolute atomic E-state index is 14.1. The van der Waals surface area contributed by atoms with Crippen molar-refractivity contribution in [3.8, 4) is 0 Å². The molecule has 0 radical (unpaired) electrons. The van der Waals surface area contributed by atoms with E-state index in [2.05, 4.69) is 10.5 Å². The number of nitro groups is 1. The Morgan fingerprint density at radius 1 is 1.08 bits per heavy atom. The smallest absolute Gasteiger partial charge is 0.324 e. The monoisotopic (exact) mass is 728 g/mol. The predicted octanol–water partition coefficient (Wildman–Crippen LogP) is 4.16. The molecular formula is C34H44N6O8S2. The Balaban J connectivity index is 1.56. The van der Waals surface area contributed by atoms with Crippen LogP contribution in [0.1, 0.15) is 44.4 Å². The van der Waals surface area contributed by atoms with Crippen molar-refractivity contribution in [1.29, 1.82) is 0 Å². The van der Waals surface area contributed by atoms with Gasteiger partial charge in [-0.05, 0) is 47.1 Å². The highest BCUT2D eigenvalue weighted by Gasteiger charge is 2.40. The Bertz CT molecular complexity index is 1750. The summed E-state index contributed by atoms with van der Waals surface area (Å²) in [6.45, 7) is 7.91. The highest BCUT2D eigenvalue weighted by atomic mass is 32.2. The lowest BCUT2D eigenvalue weighted by atomic mass is 9.97. The predicted molar refractivity (Wildman–Crippen MR) is 190 cm³/mol. The third kappa shape index (κ3) is 9.65. The molecule has 4 rings (SSSR count).